The topological polar surface area (TPSA) is 19.4 Å². The summed E-state index contributed by atoms with van der Waals surface area (Å²) in [5.74, 6) is 0. The molecule has 3 nitrogen and oxygen atoms in total. The van der Waals surface area contributed by atoms with Crippen LogP contribution in [0.25, 0.3) is 42.3 Å². The van der Waals surface area contributed by atoms with E-state index in [2.05, 4.69) is 198 Å². The Morgan fingerprint density at radius 2 is 0.816 bits per heavy atom. The second kappa shape index (κ2) is 12.4. The van der Waals surface area contributed by atoms with Gasteiger partial charge in [-0.15, -0.1) is 11.3 Å². The zero-order chi connectivity index (χ0) is 32.6. The van der Waals surface area contributed by atoms with Crippen molar-refractivity contribution < 1.29 is 0 Å². The van der Waals surface area contributed by atoms with Crippen LogP contribution in [0.3, 0.4) is 0 Å². The van der Waals surface area contributed by atoms with E-state index in [1.54, 1.807) is 11.3 Å². The van der Waals surface area contributed by atoms with Crippen molar-refractivity contribution in [3.63, 3.8) is 0 Å². The molecule has 0 bridgehead atoms. The lowest BCUT2D eigenvalue weighted by atomic mass is 9.99. The second-order valence-corrected chi connectivity index (χ2v) is 13.0. The van der Waals surface area contributed by atoms with Gasteiger partial charge in [0.25, 0.3) is 0 Å². The van der Waals surface area contributed by atoms with Crippen LogP contribution in [-0.4, -0.2) is 4.98 Å². The minimum Gasteiger partial charge on any atom is -0.310 e. The van der Waals surface area contributed by atoms with Crippen molar-refractivity contribution in [1.82, 2.24) is 4.98 Å². The first-order valence-corrected chi connectivity index (χ1v) is 17.3. The van der Waals surface area contributed by atoms with Crippen LogP contribution in [0.2, 0.25) is 0 Å². The molecule has 0 radical (unpaired) electrons. The third-order valence-electron chi connectivity index (χ3n) is 9.01. The smallest absolute Gasteiger partial charge is 0.124 e. The Labute approximate surface area is 289 Å². The second-order valence-electron chi connectivity index (χ2n) is 12.0. The standard InChI is InChI=1S/C45H31N3S/c1-5-17-33(18-6-1)47(34-19-7-2-8-20-34)37-25-15-16-32(30-37)45-46-43-40-27-14-13-26-39(40)42-31-38(28-29-41(42)44(43)49-45)48(35-21-9-3-10-22-35)36-23-11-4-12-24-36/h1-31H. The SMILES string of the molecule is c1ccc(N(c2ccccc2)c2cccc(-c3nc4c5ccccc5c5cc(N(c6ccccc6)c6ccccc6)ccc5c4s3)c2)cc1. The number of thiazole rings is 1. The van der Waals surface area contributed by atoms with Crippen LogP contribution < -0.4 is 9.80 Å². The minimum absolute atomic E-state index is 1.01. The fraction of sp³-hybridized carbons (Fsp3) is 0. The van der Waals surface area contributed by atoms with E-state index < -0.39 is 0 Å². The molecule has 0 aliphatic heterocycles. The molecular formula is C45H31N3S. The highest BCUT2D eigenvalue weighted by Crippen LogP contribution is 2.44. The van der Waals surface area contributed by atoms with Gasteiger partial charge in [-0.3, -0.25) is 0 Å². The molecule has 0 amide bonds. The number of anilines is 6. The molecule has 49 heavy (non-hydrogen) atoms. The number of para-hydroxylation sites is 4. The summed E-state index contributed by atoms with van der Waals surface area (Å²) in [4.78, 5) is 9.98. The van der Waals surface area contributed by atoms with Crippen molar-refractivity contribution in [2.24, 2.45) is 0 Å². The van der Waals surface area contributed by atoms with Crippen LogP contribution in [0, 0.1) is 0 Å². The molecule has 0 atom stereocenters. The van der Waals surface area contributed by atoms with E-state index >= 15 is 0 Å². The zero-order valence-electron chi connectivity index (χ0n) is 26.6. The molecule has 232 valence electrons. The molecule has 1 heterocycles. The Hall–Kier alpha value is -6.23. The van der Waals surface area contributed by atoms with Crippen LogP contribution in [-0.2, 0) is 0 Å². The van der Waals surface area contributed by atoms with Crippen molar-refractivity contribution in [2.75, 3.05) is 9.80 Å². The van der Waals surface area contributed by atoms with Gasteiger partial charge in [-0.2, -0.15) is 0 Å². The maximum absolute atomic E-state index is 5.35. The first-order valence-electron chi connectivity index (χ1n) is 16.5. The average Bonchev–Trinajstić information content (AvgIpc) is 3.63. The Bertz CT molecular complexity index is 2470. The number of fused-ring (bicyclic) bond motifs is 6. The quantitative estimate of drug-likeness (QED) is 0.161. The molecule has 0 fully saturated rings. The summed E-state index contributed by atoms with van der Waals surface area (Å²) in [7, 11) is 0. The number of hydrogen-bond donors (Lipinski definition) is 0. The van der Waals surface area contributed by atoms with Crippen molar-refractivity contribution in [1.29, 1.82) is 0 Å². The van der Waals surface area contributed by atoms with E-state index in [4.69, 9.17) is 4.98 Å². The molecule has 9 rings (SSSR count). The summed E-state index contributed by atoms with van der Waals surface area (Å²) in [6.45, 7) is 0. The Kier molecular flexibility index (Phi) is 7.34. The fourth-order valence-electron chi connectivity index (χ4n) is 6.81. The Morgan fingerprint density at radius 3 is 1.37 bits per heavy atom. The molecule has 0 N–H and O–H groups in total. The summed E-state index contributed by atoms with van der Waals surface area (Å²) in [6.07, 6.45) is 0. The Morgan fingerprint density at radius 1 is 0.347 bits per heavy atom. The lowest BCUT2D eigenvalue weighted by molar-refractivity contribution is 1.28. The number of benzene rings is 8. The fourth-order valence-corrected chi connectivity index (χ4v) is 7.92. The van der Waals surface area contributed by atoms with Gasteiger partial charge in [-0.1, -0.05) is 115 Å². The summed E-state index contributed by atoms with van der Waals surface area (Å²) >= 11 is 1.77. The highest BCUT2D eigenvalue weighted by Gasteiger charge is 2.19. The van der Waals surface area contributed by atoms with Gasteiger partial charge in [-0.05, 0) is 83.6 Å². The van der Waals surface area contributed by atoms with Crippen LogP contribution >= 0.6 is 11.3 Å². The van der Waals surface area contributed by atoms with Crippen molar-refractivity contribution in [2.45, 2.75) is 0 Å². The average molecular weight is 646 g/mol. The molecule has 1 aromatic heterocycles. The maximum atomic E-state index is 5.35. The first-order chi connectivity index (χ1) is 24.3. The van der Waals surface area contributed by atoms with E-state index in [-0.39, 0.29) is 0 Å². The molecule has 0 aliphatic carbocycles. The molecular weight excluding hydrogens is 615 g/mol. The lowest BCUT2D eigenvalue weighted by Gasteiger charge is -2.26. The molecule has 0 saturated carbocycles. The van der Waals surface area contributed by atoms with Gasteiger partial charge in [0.2, 0.25) is 0 Å². The third kappa shape index (κ3) is 5.29. The molecule has 0 spiro atoms. The van der Waals surface area contributed by atoms with E-state index in [1.165, 1.54) is 26.2 Å². The van der Waals surface area contributed by atoms with Crippen LogP contribution in [0.1, 0.15) is 0 Å². The highest BCUT2D eigenvalue weighted by molar-refractivity contribution is 7.22. The largest absolute Gasteiger partial charge is 0.310 e. The van der Waals surface area contributed by atoms with Crippen molar-refractivity contribution in [3.8, 4) is 10.6 Å². The third-order valence-corrected chi connectivity index (χ3v) is 10.2. The molecule has 0 saturated heterocycles. The monoisotopic (exact) mass is 645 g/mol. The van der Waals surface area contributed by atoms with Crippen molar-refractivity contribution in [3.05, 3.63) is 188 Å². The van der Waals surface area contributed by atoms with Gasteiger partial charge >= 0.3 is 0 Å². The normalized spacial score (nSPS) is 11.3. The zero-order valence-corrected chi connectivity index (χ0v) is 27.5. The summed E-state index contributed by atoms with van der Waals surface area (Å²) in [5, 5.41) is 5.82. The molecule has 9 aromatic rings. The van der Waals surface area contributed by atoms with E-state index in [0.717, 1.165) is 50.2 Å². The number of aromatic nitrogens is 1. The van der Waals surface area contributed by atoms with E-state index in [0.29, 0.717) is 0 Å². The van der Waals surface area contributed by atoms with Crippen molar-refractivity contribution >= 4 is 77.2 Å². The van der Waals surface area contributed by atoms with Gasteiger partial charge < -0.3 is 9.80 Å². The van der Waals surface area contributed by atoms with E-state index in [9.17, 15) is 0 Å². The Balaban J connectivity index is 1.21. The lowest BCUT2D eigenvalue weighted by Crippen LogP contribution is -2.09. The molecule has 4 heteroatoms. The summed E-state index contributed by atoms with van der Waals surface area (Å²) in [6, 6.07) is 66.6. The predicted octanol–water partition coefficient (Wildman–Crippen LogP) is 13.2. The minimum atomic E-state index is 1.01. The van der Waals surface area contributed by atoms with Gasteiger partial charge in [0.05, 0.1) is 10.2 Å². The molecule has 0 unspecified atom stereocenters. The summed E-state index contributed by atoms with van der Waals surface area (Å²) < 4.78 is 1.20. The molecule has 0 aliphatic rings. The van der Waals surface area contributed by atoms with Crippen LogP contribution in [0.5, 0.6) is 0 Å². The first kappa shape index (κ1) is 29.0. The van der Waals surface area contributed by atoms with Gasteiger partial charge in [0, 0.05) is 50.5 Å². The number of nitrogens with zero attached hydrogens (tertiary/aromatic N) is 3. The highest BCUT2D eigenvalue weighted by atomic mass is 32.1. The number of hydrogen-bond acceptors (Lipinski definition) is 4. The maximum Gasteiger partial charge on any atom is 0.124 e. The van der Waals surface area contributed by atoms with Gasteiger partial charge in [0.15, 0.2) is 0 Å². The van der Waals surface area contributed by atoms with E-state index in [1.807, 2.05) is 0 Å². The molecule has 8 aromatic carbocycles. The summed E-state index contributed by atoms with van der Waals surface area (Å²) in [5.41, 5.74) is 8.84. The number of rotatable bonds is 7. The predicted molar refractivity (Wildman–Crippen MR) is 209 cm³/mol. The van der Waals surface area contributed by atoms with Crippen LogP contribution in [0.4, 0.5) is 34.1 Å². The van der Waals surface area contributed by atoms with Gasteiger partial charge in [0.1, 0.15) is 5.01 Å². The van der Waals surface area contributed by atoms with Gasteiger partial charge in [-0.25, -0.2) is 4.98 Å². The van der Waals surface area contributed by atoms with Crippen LogP contribution in [0.15, 0.2) is 188 Å².